The van der Waals surface area contributed by atoms with E-state index in [4.69, 9.17) is 0 Å². The number of rotatable bonds is 7. The second-order valence-corrected chi connectivity index (χ2v) is 8.71. The van der Waals surface area contributed by atoms with Gasteiger partial charge in [0.15, 0.2) is 5.96 Å². The Labute approximate surface area is 196 Å². The molecule has 0 amide bonds. The molecule has 29 heavy (non-hydrogen) atoms. The van der Waals surface area contributed by atoms with Crippen molar-refractivity contribution < 1.29 is 0 Å². The van der Waals surface area contributed by atoms with Crippen LogP contribution in [0.3, 0.4) is 0 Å². The minimum Gasteiger partial charge on any atom is -0.356 e. The number of hydrogen-bond acceptors (Lipinski definition) is 4. The Bertz CT molecular complexity index is 757. The molecule has 3 heterocycles. The molecule has 0 spiro atoms. The molecule has 0 saturated carbocycles. The summed E-state index contributed by atoms with van der Waals surface area (Å²) >= 11 is 1.87. The monoisotopic (exact) mass is 530 g/mol. The quantitative estimate of drug-likeness (QED) is 0.248. The zero-order valence-corrected chi connectivity index (χ0v) is 21.2. The van der Waals surface area contributed by atoms with Gasteiger partial charge in [-0.2, -0.15) is 5.10 Å². The van der Waals surface area contributed by atoms with E-state index in [2.05, 4.69) is 67.9 Å². The molecule has 0 aliphatic carbocycles. The van der Waals surface area contributed by atoms with Crippen molar-refractivity contribution in [3.63, 3.8) is 0 Å². The van der Waals surface area contributed by atoms with Crippen molar-refractivity contribution in [1.29, 1.82) is 0 Å². The van der Waals surface area contributed by atoms with Crippen molar-refractivity contribution in [3.8, 4) is 0 Å². The highest BCUT2D eigenvalue weighted by molar-refractivity contribution is 14.0. The molecule has 0 radical (unpaired) electrons. The lowest BCUT2D eigenvalue weighted by molar-refractivity contribution is 0.125. The van der Waals surface area contributed by atoms with Gasteiger partial charge < -0.3 is 10.6 Å². The van der Waals surface area contributed by atoms with Crippen LogP contribution in [0.5, 0.6) is 0 Å². The highest BCUT2D eigenvalue weighted by Gasteiger charge is 2.31. The fourth-order valence-electron chi connectivity index (χ4n) is 4.17. The van der Waals surface area contributed by atoms with Gasteiger partial charge in [0, 0.05) is 43.3 Å². The number of aryl methyl sites for hydroxylation is 3. The second-order valence-electron chi connectivity index (χ2n) is 7.73. The zero-order chi connectivity index (χ0) is 19.9. The molecule has 2 aromatic rings. The molecule has 2 aromatic heterocycles. The van der Waals surface area contributed by atoms with Gasteiger partial charge in [-0.15, -0.1) is 35.3 Å². The van der Waals surface area contributed by atoms with Crippen molar-refractivity contribution in [1.82, 2.24) is 25.3 Å². The smallest absolute Gasteiger partial charge is 0.190 e. The van der Waals surface area contributed by atoms with Gasteiger partial charge >= 0.3 is 0 Å². The number of nitrogens with zero attached hydrogens (tertiary/aromatic N) is 4. The van der Waals surface area contributed by atoms with Gasteiger partial charge in [0.2, 0.25) is 0 Å². The second kappa shape index (κ2) is 11.9. The average molecular weight is 531 g/mol. The molecule has 1 aliphatic rings. The van der Waals surface area contributed by atoms with Gasteiger partial charge in [-0.05, 0) is 70.1 Å². The van der Waals surface area contributed by atoms with Gasteiger partial charge in [-0.1, -0.05) is 6.07 Å². The van der Waals surface area contributed by atoms with Crippen LogP contribution < -0.4 is 10.6 Å². The molecule has 162 valence electrons. The molecule has 1 fully saturated rings. The Morgan fingerprint density at radius 2 is 2.17 bits per heavy atom. The number of guanidine groups is 1. The Morgan fingerprint density at radius 1 is 1.34 bits per heavy atom. The Kier molecular flexibility index (Phi) is 9.91. The Balaban J connectivity index is 0.00000300. The lowest BCUT2D eigenvalue weighted by atomic mass is 9.88. The third-order valence-electron chi connectivity index (χ3n) is 5.54. The number of halogens is 1. The van der Waals surface area contributed by atoms with Crippen molar-refractivity contribution in [2.45, 2.75) is 45.7 Å². The number of hydrogen-bond donors (Lipinski definition) is 2. The average Bonchev–Trinajstić information content (AvgIpc) is 3.30. The molecule has 8 heteroatoms. The highest BCUT2D eigenvalue weighted by Crippen LogP contribution is 2.36. The van der Waals surface area contributed by atoms with Gasteiger partial charge in [-0.3, -0.25) is 14.6 Å². The molecule has 2 N–H and O–H groups in total. The maximum absolute atomic E-state index is 4.52. The third-order valence-corrected chi connectivity index (χ3v) is 6.48. The number of piperidine rings is 1. The van der Waals surface area contributed by atoms with Crippen molar-refractivity contribution >= 4 is 41.3 Å². The Hall–Kier alpha value is -1.13. The molecular formula is C21H35IN6S. The molecule has 3 rings (SSSR count). The van der Waals surface area contributed by atoms with Crippen LogP contribution in [0.4, 0.5) is 0 Å². The number of aliphatic imine (C=N–C) groups is 1. The Morgan fingerprint density at radius 3 is 2.83 bits per heavy atom. The van der Waals surface area contributed by atoms with E-state index in [-0.39, 0.29) is 24.0 Å². The number of thiophene rings is 1. The minimum absolute atomic E-state index is 0. The topological polar surface area (TPSA) is 57.5 Å². The first-order chi connectivity index (χ1) is 13.6. The van der Waals surface area contributed by atoms with Gasteiger partial charge in [0.25, 0.3) is 0 Å². The summed E-state index contributed by atoms with van der Waals surface area (Å²) in [5.41, 5.74) is 2.31. The molecule has 2 unspecified atom stereocenters. The predicted molar refractivity (Wildman–Crippen MR) is 134 cm³/mol. The van der Waals surface area contributed by atoms with Crippen LogP contribution in [0.2, 0.25) is 0 Å². The lowest BCUT2D eigenvalue weighted by Gasteiger charge is -2.39. The standard InChI is InChI=1S/C21H34N6S.HI/c1-16-14-17(2)27(25-16)12-7-10-23-21(22-3)24-15-18-8-5-11-26(4)20(18)19-9-6-13-28-19;/h6,9,13-14,18,20H,5,7-8,10-12,15H2,1-4H3,(H2,22,23,24);1H. The summed E-state index contributed by atoms with van der Waals surface area (Å²) in [7, 11) is 4.10. The fourth-order valence-corrected chi connectivity index (χ4v) is 5.15. The molecule has 6 nitrogen and oxygen atoms in total. The first-order valence-electron chi connectivity index (χ1n) is 10.3. The molecular weight excluding hydrogens is 495 g/mol. The van der Waals surface area contributed by atoms with Crippen molar-refractivity contribution in [2.24, 2.45) is 10.9 Å². The van der Waals surface area contributed by atoms with Crippen LogP contribution in [-0.2, 0) is 6.54 Å². The van der Waals surface area contributed by atoms with E-state index in [0.717, 1.165) is 37.7 Å². The number of aromatic nitrogens is 2. The van der Waals surface area contributed by atoms with Crippen LogP contribution in [0.25, 0.3) is 0 Å². The van der Waals surface area contributed by atoms with Crippen molar-refractivity contribution in [3.05, 3.63) is 39.8 Å². The van der Waals surface area contributed by atoms with Gasteiger partial charge in [0.1, 0.15) is 0 Å². The van der Waals surface area contributed by atoms with E-state index in [0.29, 0.717) is 12.0 Å². The van der Waals surface area contributed by atoms with E-state index in [1.165, 1.54) is 30.0 Å². The third kappa shape index (κ3) is 6.68. The van der Waals surface area contributed by atoms with Crippen LogP contribution in [0, 0.1) is 19.8 Å². The molecule has 1 aliphatic heterocycles. The first-order valence-corrected chi connectivity index (χ1v) is 11.2. The summed E-state index contributed by atoms with van der Waals surface area (Å²) in [6, 6.07) is 7.07. The van der Waals surface area contributed by atoms with E-state index < -0.39 is 0 Å². The van der Waals surface area contributed by atoms with Crippen molar-refractivity contribution in [2.75, 3.05) is 33.7 Å². The van der Waals surface area contributed by atoms with E-state index in [9.17, 15) is 0 Å². The van der Waals surface area contributed by atoms with Crippen LogP contribution in [-0.4, -0.2) is 54.4 Å². The summed E-state index contributed by atoms with van der Waals surface area (Å²) < 4.78 is 2.08. The largest absolute Gasteiger partial charge is 0.356 e. The van der Waals surface area contributed by atoms with E-state index in [1.54, 1.807) is 0 Å². The lowest BCUT2D eigenvalue weighted by Crippen LogP contribution is -2.45. The summed E-state index contributed by atoms with van der Waals surface area (Å²) in [4.78, 5) is 8.39. The SMILES string of the molecule is CN=C(NCCCn1nc(C)cc1C)NCC1CCCN(C)C1c1cccs1.I. The van der Waals surface area contributed by atoms with Crippen LogP contribution in [0.1, 0.15) is 41.6 Å². The molecule has 0 aromatic carbocycles. The van der Waals surface area contributed by atoms with E-state index >= 15 is 0 Å². The van der Waals surface area contributed by atoms with Gasteiger partial charge in [0.05, 0.1) is 5.69 Å². The summed E-state index contributed by atoms with van der Waals surface area (Å²) in [6.45, 7) is 8.09. The highest BCUT2D eigenvalue weighted by atomic mass is 127. The van der Waals surface area contributed by atoms with Crippen LogP contribution >= 0.6 is 35.3 Å². The number of likely N-dealkylation sites (tertiary alicyclic amines) is 1. The summed E-state index contributed by atoms with van der Waals surface area (Å²) in [5, 5.41) is 13.7. The number of nitrogens with one attached hydrogen (secondary N) is 2. The molecule has 1 saturated heterocycles. The predicted octanol–water partition coefficient (Wildman–Crippen LogP) is 3.82. The molecule has 2 atom stereocenters. The summed E-state index contributed by atoms with van der Waals surface area (Å²) in [5.74, 6) is 1.50. The normalized spacial score (nSPS) is 20.3. The molecule has 0 bridgehead atoms. The first kappa shape index (κ1) is 24.1. The van der Waals surface area contributed by atoms with Gasteiger partial charge in [-0.25, -0.2) is 0 Å². The van der Waals surface area contributed by atoms with Crippen LogP contribution in [0.15, 0.2) is 28.6 Å². The minimum atomic E-state index is 0. The maximum Gasteiger partial charge on any atom is 0.190 e. The van der Waals surface area contributed by atoms with E-state index in [1.807, 2.05) is 25.3 Å². The summed E-state index contributed by atoms with van der Waals surface area (Å²) in [6.07, 6.45) is 3.54. The maximum atomic E-state index is 4.52. The fraction of sp³-hybridized carbons (Fsp3) is 0.619. The zero-order valence-electron chi connectivity index (χ0n) is 18.0.